The maximum atomic E-state index is 10.5. The second-order valence-corrected chi connectivity index (χ2v) is 0.827. The lowest BCUT2D eigenvalue weighted by molar-refractivity contribution is 0.933. The lowest BCUT2D eigenvalue weighted by Gasteiger charge is -1.65. The van der Waals surface area contributed by atoms with Gasteiger partial charge in [0.2, 0.25) is 0 Å². The molecule has 0 aromatic rings. The first-order chi connectivity index (χ1) is 1.91. The molecule has 0 saturated heterocycles. The molecule has 0 atom stereocenters. The summed E-state index contributed by atoms with van der Waals surface area (Å²) < 4.78 is 10.5. The van der Waals surface area contributed by atoms with Gasteiger partial charge in [0, 0.05) is 0 Å². The third-order valence-corrected chi connectivity index (χ3v) is 0.189. The van der Waals surface area contributed by atoms with Crippen LogP contribution < -0.4 is 5.73 Å². The largest absolute Gasteiger partial charge is 0.320 e. The van der Waals surface area contributed by atoms with Crippen molar-refractivity contribution in [3.05, 3.63) is 0 Å². The van der Waals surface area contributed by atoms with Crippen LogP contribution in [0.4, 0.5) is 3.89 Å². The molecule has 26 valence electrons. The smallest absolute Gasteiger partial charge is 0.0713 e. The molecule has 2 N–H and O–H groups in total. The van der Waals surface area contributed by atoms with E-state index in [1.807, 2.05) is 0 Å². The molecule has 0 amide bonds. The van der Waals surface area contributed by atoms with E-state index in [0.717, 1.165) is 0 Å². The van der Waals surface area contributed by atoms with Crippen LogP contribution in [-0.4, -0.2) is 5.88 Å². The van der Waals surface area contributed by atoms with Crippen LogP contribution in [0, 0.1) is 0 Å². The maximum absolute atomic E-state index is 10.5. The minimum Gasteiger partial charge on any atom is -0.320 e. The minimum atomic E-state index is 0.0694. The van der Waals surface area contributed by atoms with Crippen molar-refractivity contribution < 1.29 is 3.89 Å². The van der Waals surface area contributed by atoms with Gasteiger partial charge < -0.3 is 5.73 Å². The highest BCUT2D eigenvalue weighted by atomic mass is 32.2. The molecule has 0 aliphatic heterocycles. The Morgan fingerprint density at radius 3 is 2.25 bits per heavy atom. The number of hydrogen-bond acceptors (Lipinski definition) is 2. The molecule has 3 heteroatoms. The third-order valence-electron chi connectivity index (χ3n) is 0.0630. The van der Waals surface area contributed by atoms with Crippen LogP contribution in [0.1, 0.15) is 0 Å². The third kappa shape index (κ3) is 2.24. The van der Waals surface area contributed by atoms with Gasteiger partial charge in [-0.2, -0.15) is 3.89 Å². The van der Waals surface area contributed by atoms with E-state index in [1.165, 1.54) is 0 Å². The second-order valence-electron chi connectivity index (χ2n) is 0.276. The molecule has 0 bridgehead atoms. The molecule has 0 aliphatic carbocycles. The summed E-state index contributed by atoms with van der Waals surface area (Å²) in [6.45, 7) is 0. The Morgan fingerprint density at radius 2 is 2.25 bits per heavy atom. The molecule has 1 nitrogen and oxygen atoms in total. The van der Waals surface area contributed by atoms with Gasteiger partial charge in [-0.3, -0.25) is 0 Å². The highest BCUT2D eigenvalue weighted by Gasteiger charge is 1.61. The van der Waals surface area contributed by atoms with E-state index >= 15 is 0 Å². The van der Waals surface area contributed by atoms with Gasteiger partial charge in [0.05, 0.1) is 18.0 Å². The molecule has 0 fully saturated rings. The first-order valence-electron chi connectivity index (χ1n) is 0.851. The molecule has 0 aliphatic rings. The lowest BCUT2D eigenvalue weighted by Crippen LogP contribution is -1.87. The van der Waals surface area contributed by atoms with Crippen molar-refractivity contribution in [3.63, 3.8) is 0 Å². The maximum Gasteiger partial charge on any atom is 0.0713 e. The summed E-state index contributed by atoms with van der Waals surface area (Å²) in [6, 6.07) is 0. The molecule has 0 radical (unpaired) electrons. The molecule has 0 spiro atoms. The summed E-state index contributed by atoms with van der Waals surface area (Å²) in [7, 11) is 0. The molecular formula is CH4FNS. The van der Waals surface area contributed by atoms with Crippen molar-refractivity contribution in [1.82, 2.24) is 0 Å². The van der Waals surface area contributed by atoms with E-state index in [1.54, 1.807) is 0 Å². The van der Waals surface area contributed by atoms with Gasteiger partial charge in [0.1, 0.15) is 0 Å². The van der Waals surface area contributed by atoms with Gasteiger partial charge in [-0.15, -0.1) is 0 Å². The summed E-state index contributed by atoms with van der Waals surface area (Å²) in [4.78, 5) is 0. The molecule has 0 saturated carbocycles. The Hall–Kier alpha value is 0.240. The highest BCUT2D eigenvalue weighted by Crippen LogP contribution is 1.90. The molecule has 0 rings (SSSR count). The fourth-order valence-electron chi connectivity index (χ4n) is 0. The zero-order valence-electron chi connectivity index (χ0n) is 2.07. The van der Waals surface area contributed by atoms with Crippen LogP contribution in [0.5, 0.6) is 0 Å². The molecule has 0 unspecified atom stereocenters. The Balaban J connectivity index is 1.97. The highest BCUT2D eigenvalue weighted by molar-refractivity contribution is 7.94. The lowest BCUT2D eigenvalue weighted by atomic mass is 11.6. The van der Waals surface area contributed by atoms with E-state index in [-0.39, 0.29) is 18.0 Å². The Kier molecular flexibility index (Phi) is 3.43. The van der Waals surface area contributed by atoms with Crippen LogP contribution in [0.25, 0.3) is 0 Å². The molecule has 0 aromatic carbocycles. The van der Waals surface area contributed by atoms with Crippen molar-refractivity contribution >= 4 is 12.1 Å². The number of halogens is 1. The molecule has 4 heavy (non-hydrogen) atoms. The fraction of sp³-hybridized carbons (Fsp3) is 1.00. The predicted octanol–water partition coefficient (Wildman–Crippen LogP) is 0.520. The average molecular weight is 81.1 g/mol. The second kappa shape index (κ2) is 3.24. The molecule has 0 heterocycles. The van der Waals surface area contributed by atoms with Crippen LogP contribution in [0.2, 0.25) is 0 Å². The van der Waals surface area contributed by atoms with Crippen LogP contribution in [0.3, 0.4) is 0 Å². The standard InChI is InChI=1S/CH4FNS/c2-4-1-3/h1,3H2. The van der Waals surface area contributed by atoms with Gasteiger partial charge in [-0.05, 0) is 0 Å². The van der Waals surface area contributed by atoms with E-state index < -0.39 is 0 Å². The monoisotopic (exact) mass is 81.0 g/mol. The summed E-state index contributed by atoms with van der Waals surface area (Å²) >= 11 is 0.134. The van der Waals surface area contributed by atoms with E-state index in [0.29, 0.717) is 0 Å². The average Bonchev–Trinajstić information content (AvgIpc) is 1.37. The molecular weight excluding hydrogens is 77.1 g/mol. The van der Waals surface area contributed by atoms with E-state index in [4.69, 9.17) is 0 Å². The topological polar surface area (TPSA) is 26.0 Å². The van der Waals surface area contributed by atoms with Gasteiger partial charge in [0.25, 0.3) is 0 Å². The fourth-order valence-corrected chi connectivity index (χ4v) is 0. The van der Waals surface area contributed by atoms with Crippen molar-refractivity contribution in [2.45, 2.75) is 0 Å². The first kappa shape index (κ1) is 4.24. The molecule has 0 aromatic heterocycles. The van der Waals surface area contributed by atoms with Gasteiger partial charge in [-0.25, -0.2) is 0 Å². The van der Waals surface area contributed by atoms with Crippen molar-refractivity contribution in [1.29, 1.82) is 0 Å². The van der Waals surface area contributed by atoms with Crippen molar-refractivity contribution in [2.75, 3.05) is 5.88 Å². The predicted molar refractivity (Wildman–Crippen MR) is 17.8 cm³/mol. The Morgan fingerprint density at radius 1 is 2.00 bits per heavy atom. The quantitative estimate of drug-likeness (QED) is 0.466. The van der Waals surface area contributed by atoms with Crippen molar-refractivity contribution in [3.8, 4) is 0 Å². The minimum absolute atomic E-state index is 0.0694. The summed E-state index contributed by atoms with van der Waals surface area (Å²) in [5, 5.41) is 0. The number of rotatable bonds is 1. The summed E-state index contributed by atoms with van der Waals surface area (Å²) in [6.07, 6.45) is 0. The first-order valence-corrected chi connectivity index (χ1v) is 1.74. The number of hydrogen-bond donors (Lipinski definition) is 1. The zero-order valence-corrected chi connectivity index (χ0v) is 2.89. The van der Waals surface area contributed by atoms with Gasteiger partial charge in [0.15, 0.2) is 0 Å². The SMILES string of the molecule is NCSF. The zero-order chi connectivity index (χ0) is 3.41. The van der Waals surface area contributed by atoms with Gasteiger partial charge >= 0.3 is 0 Å². The normalized spacial score (nSPS) is 7.50. The summed E-state index contributed by atoms with van der Waals surface area (Å²) in [5.74, 6) is 0.0694. The van der Waals surface area contributed by atoms with Crippen molar-refractivity contribution in [2.24, 2.45) is 5.73 Å². The Bertz CT molecular complexity index is 10.0. The van der Waals surface area contributed by atoms with E-state index in [2.05, 4.69) is 5.73 Å². The van der Waals surface area contributed by atoms with Crippen LogP contribution >= 0.6 is 12.1 Å². The van der Waals surface area contributed by atoms with E-state index in [9.17, 15) is 3.89 Å². The number of nitrogens with two attached hydrogens (primary N) is 1. The summed E-state index contributed by atoms with van der Waals surface area (Å²) in [5.41, 5.74) is 4.62. The Labute approximate surface area is 28.7 Å². The van der Waals surface area contributed by atoms with Crippen LogP contribution in [0.15, 0.2) is 0 Å². The van der Waals surface area contributed by atoms with Gasteiger partial charge in [-0.1, -0.05) is 0 Å². The van der Waals surface area contributed by atoms with Crippen LogP contribution in [-0.2, 0) is 0 Å².